The lowest BCUT2D eigenvalue weighted by atomic mass is 10.1. The van der Waals surface area contributed by atoms with Gasteiger partial charge in [0.2, 0.25) is 5.91 Å². The van der Waals surface area contributed by atoms with Gasteiger partial charge in [-0.1, -0.05) is 6.07 Å². The maximum absolute atomic E-state index is 13.2. The number of carbonyl (C=O) groups is 4. The summed E-state index contributed by atoms with van der Waals surface area (Å²) in [5.41, 5.74) is 1.82. The molecule has 2 aromatic carbocycles. The number of methoxy groups -OCH3 is 1. The number of amides is 4. The van der Waals surface area contributed by atoms with Crippen LogP contribution in [0.4, 0.5) is 22.9 Å². The van der Waals surface area contributed by atoms with Gasteiger partial charge >= 0.3 is 0 Å². The number of hydrogen-bond acceptors (Lipinski definition) is 8. The van der Waals surface area contributed by atoms with E-state index in [2.05, 4.69) is 36.8 Å². The summed E-state index contributed by atoms with van der Waals surface area (Å²) >= 11 is 0. The van der Waals surface area contributed by atoms with Gasteiger partial charge in [0.15, 0.2) is 17.3 Å². The van der Waals surface area contributed by atoms with E-state index < -0.39 is 11.8 Å². The van der Waals surface area contributed by atoms with Crippen molar-refractivity contribution in [2.45, 2.75) is 19.8 Å². The molecule has 5 N–H and O–H groups in total. The summed E-state index contributed by atoms with van der Waals surface area (Å²) in [7, 11) is 2.88. The van der Waals surface area contributed by atoms with Crippen molar-refractivity contribution in [2.75, 3.05) is 36.7 Å². The minimum absolute atomic E-state index is 0.00831. The Balaban J connectivity index is 1.58. The van der Waals surface area contributed by atoms with Crippen molar-refractivity contribution in [1.82, 2.24) is 20.8 Å². The Labute approximate surface area is 224 Å². The lowest BCUT2D eigenvalue weighted by Gasteiger charge is -2.17. The number of benzene rings is 2. The van der Waals surface area contributed by atoms with Gasteiger partial charge in [0, 0.05) is 36.8 Å². The van der Waals surface area contributed by atoms with E-state index in [9.17, 15) is 19.2 Å². The van der Waals surface area contributed by atoms with E-state index in [0.29, 0.717) is 23.5 Å². The normalized spacial score (nSPS) is 12.2. The topological polar surface area (TPSA) is 163 Å². The molecule has 0 aliphatic heterocycles. The number of nitrogens with zero attached hydrogens (tertiary/aromatic N) is 2. The fourth-order valence-corrected chi connectivity index (χ4v) is 3.75. The van der Waals surface area contributed by atoms with Crippen molar-refractivity contribution in [2.24, 2.45) is 5.92 Å². The number of aromatic nitrogens is 2. The summed E-state index contributed by atoms with van der Waals surface area (Å²) in [5.74, 6) is -0.928. The molecule has 12 heteroatoms. The maximum atomic E-state index is 13.2. The molecule has 0 bridgehead atoms. The summed E-state index contributed by atoms with van der Waals surface area (Å²) in [6, 6.07) is 12.9. The zero-order valence-electron chi connectivity index (χ0n) is 21.8. The average molecular weight is 532 g/mol. The van der Waals surface area contributed by atoms with Crippen LogP contribution in [0.5, 0.6) is 5.75 Å². The van der Waals surface area contributed by atoms with E-state index in [1.807, 2.05) is 6.92 Å². The molecule has 3 aromatic rings. The number of carbonyl (C=O) groups excluding carboxylic acids is 4. The van der Waals surface area contributed by atoms with E-state index in [4.69, 9.17) is 4.74 Å². The van der Waals surface area contributed by atoms with Crippen LogP contribution in [-0.2, 0) is 4.79 Å². The number of hydrogen-bond donors (Lipinski definition) is 5. The molecular weight excluding hydrogens is 502 g/mol. The molecule has 1 fully saturated rings. The van der Waals surface area contributed by atoms with Gasteiger partial charge in [-0.15, -0.1) is 10.2 Å². The van der Waals surface area contributed by atoms with Gasteiger partial charge in [-0.05, 0) is 56.2 Å². The smallest absolute Gasteiger partial charge is 0.273 e. The molecule has 4 amide bonds. The quantitative estimate of drug-likeness (QED) is 0.267. The molecule has 1 heterocycles. The van der Waals surface area contributed by atoms with Crippen LogP contribution < -0.4 is 31.3 Å². The zero-order chi connectivity index (χ0) is 27.9. The molecule has 1 aromatic heterocycles. The first-order valence-electron chi connectivity index (χ1n) is 12.4. The number of anilines is 4. The van der Waals surface area contributed by atoms with Crippen LogP contribution >= 0.6 is 0 Å². The number of rotatable bonds is 10. The van der Waals surface area contributed by atoms with E-state index >= 15 is 0 Å². The monoisotopic (exact) mass is 531 g/mol. The van der Waals surface area contributed by atoms with Gasteiger partial charge in [-0.3, -0.25) is 19.2 Å². The molecule has 12 nitrogen and oxygen atoms in total. The summed E-state index contributed by atoms with van der Waals surface area (Å²) < 4.78 is 5.56. The van der Waals surface area contributed by atoms with Crippen molar-refractivity contribution in [3.63, 3.8) is 0 Å². The number of para-hydroxylation sites is 1. The van der Waals surface area contributed by atoms with Crippen LogP contribution in [-0.4, -0.2) is 54.5 Å². The molecule has 0 unspecified atom stereocenters. The van der Waals surface area contributed by atoms with Gasteiger partial charge in [0.05, 0.1) is 24.0 Å². The Hall–Kier alpha value is -5.00. The highest BCUT2D eigenvalue weighted by Crippen LogP contribution is 2.34. The third kappa shape index (κ3) is 6.47. The highest BCUT2D eigenvalue weighted by atomic mass is 16.5. The van der Waals surface area contributed by atoms with Crippen molar-refractivity contribution in [3.05, 3.63) is 65.4 Å². The van der Waals surface area contributed by atoms with E-state index in [1.54, 1.807) is 42.5 Å². The minimum atomic E-state index is -0.492. The van der Waals surface area contributed by atoms with Crippen LogP contribution in [0.15, 0.2) is 48.5 Å². The lowest BCUT2D eigenvalue weighted by molar-refractivity contribution is -0.117. The van der Waals surface area contributed by atoms with E-state index in [-0.39, 0.29) is 46.2 Å². The second-order valence-electron chi connectivity index (χ2n) is 8.74. The maximum Gasteiger partial charge on any atom is 0.273 e. The molecule has 4 rings (SSSR count). The lowest BCUT2D eigenvalue weighted by Crippen LogP contribution is -2.22. The van der Waals surface area contributed by atoms with Crippen LogP contribution in [0.3, 0.4) is 0 Å². The first kappa shape index (κ1) is 27.0. The Kier molecular flexibility index (Phi) is 8.34. The second kappa shape index (κ2) is 12.0. The number of ether oxygens (including phenoxy) is 1. The molecule has 0 atom stereocenters. The fourth-order valence-electron chi connectivity index (χ4n) is 3.75. The Morgan fingerprint density at radius 2 is 1.67 bits per heavy atom. The molecule has 39 heavy (non-hydrogen) atoms. The van der Waals surface area contributed by atoms with Crippen LogP contribution in [0.1, 0.15) is 51.0 Å². The third-order valence-electron chi connectivity index (χ3n) is 5.91. The van der Waals surface area contributed by atoms with Crippen LogP contribution in [0, 0.1) is 5.92 Å². The molecule has 1 aliphatic rings. The molecular formula is C27H29N7O5. The fraction of sp³-hybridized carbons (Fsp3) is 0.259. The van der Waals surface area contributed by atoms with Crippen molar-refractivity contribution >= 4 is 46.5 Å². The average Bonchev–Trinajstić information content (AvgIpc) is 3.79. The standard InChI is InChI=1S/C27H29N7O5/c1-4-29-24(35)15-10-12-17(13-11-15)30-26(37)18-6-5-7-19(23(18)39-3)31-20-14-21(32-25(36)16-8-9-16)33-34-22(20)27(38)28-2/h5-7,10-14,16H,4,8-9H2,1-3H3,(H,28,38)(H,29,35)(H,30,37)(H2,31,32,33,36). The van der Waals surface area contributed by atoms with Crippen LogP contribution in [0.25, 0.3) is 0 Å². The van der Waals surface area contributed by atoms with Gasteiger partial charge in [0.1, 0.15) is 0 Å². The molecule has 0 spiro atoms. The van der Waals surface area contributed by atoms with Gasteiger partial charge in [0.25, 0.3) is 17.7 Å². The SMILES string of the molecule is CCNC(=O)c1ccc(NC(=O)c2cccc(Nc3cc(NC(=O)C4CC4)nnc3C(=O)NC)c2OC)cc1. The largest absolute Gasteiger partial charge is 0.494 e. The number of nitrogens with one attached hydrogen (secondary N) is 5. The summed E-state index contributed by atoms with van der Waals surface area (Å²) in [6.45, 7) is 2.34. The summed E-state index contributed by atoms with van der Waals surface area (Å²) in [6.07, 6.45) is 1.65. The van der Waals surface area contributed by atoms with Crippen molar-refractivity contribution in [3.8, 4) is 5.75 Å². The molecule has 0 saturated heterocycles. The van der Waals surface area contributed by atoms with Gasteiger partial charge < -0.3 is 31.3 Å². The predicted molar refractivity (Wildman–Crippen MR) is 145 cm³/mol. The molecule has 1 aliphatic carbocycles. The molecule has 202 valence electrons. The molecule has 1 saturated carbocycles. The van der Waals surface area contributed by atoms with Gasteiger partial charge in [-0.25, -0.2) is 0 Å². The van der Waals surface area contributed by atoms with Crippen molar-refractivity contribution in [1.29, 1.82) is 0 Å². The Bertz CT molecular complexity index is 1400. The predicted octanol–water partition coefficient (Wildman–Crippen LogP) is 2.94. The minimum Gasteiger partial charge on any atom is -0.494 e. The third-order valence-corrected chi connectivity index (χ3v) is 5.91. The molecule has 0 radical (unpaired) electrons. The first-order chi connectivity index (χ1) is 18.8. The summed E-state index contributed by atoms with van der Waals surface area (Å²) in [5, 5.41) is 21.8. The Morgan fingerprint density at radius 1 is 0.923 bits per heavy atom. The second-order valence-corrected chi connectivity index (χ2v) is 8.74. The first-order valence-corrected chi connectivity index (χ1v) is 12.4. The van der Waals surface area contributed by atoms with E-state index in [1.165, 1.54) is 20.2 Å². The highest BCUT2D eigenvalue weighted by molar-refractivity contribution is 6.08. The van der Waals surface area contributed by atoms with E-state index in [0.717, 1.165) is 12.8 Å². The van der Waals surface area contributed by atoms with Gasteiger partial charge in [-0.2, -0.15) is 0 Å². The Morgan fingerprint density at radius 3 is 2.31 bits per heavy atom. The summed E-state index contributed by atoms with van der Waals surface area (Å²) in [4.78, 5) is 49.8. The zero-order valence-corrected chi connectivity index (χ0v) is 21.8. The highest BCUT2D eigenvalue weighted by Gasteiger charge is 2.30. The van der Waals surface area contributed by atoms with Crippen molar-refractivity contribution < 1.29 is 23.9 Å². The van der Waals surface area contributed by atoms with Crippen LogP contribution in [0.2, 0.25) is 0 Å².